The molecule has 0 bridgehead atoms. The lowest BCUT2D eigenvalue weighted by Gasteiger charge is -2.27. The highest BCUT2D eigenvalue weighted by atomic mass is 16.6. The first kappa shape index (κ1) is 93.9. The van der Waals surface area contributed by atoms with Crippen LogP contribution in [-0.4, -0.2) is 172 Å². The Labute approximate surface area is 440 Å². The van der Waals surface area contributed by atoms with Crippen LogP contribution in [0.1, 0.15) is 133 Å². The van der Waals surface area contributed by atoms with E-state index >= 15 is 0 Å². The lowest BCUT2D eigenvalue weighted by Crippen LogP contribution is -2.38. The highest BCUT2D eigenvalue weighted by Crippen LogP contribution is 2.34. The Balaban J connectivity index is -0.0000000727. The van der Waals surface area contributed by atoms with E-state index in [9.17, 15) is 76.7 Å². The van der Waals surface area contributed by atoms with Crippen molar-refractivity contribution in [3.63, 3.8) is 0 Å². The Bertz CT molecular complexity index is 1760. The molecule has 0 amide bonds. The normalized spacial score (nSPS) is 11.1. The van der Waals surface area contributed by atoms with Crippen LogP contribution in [0.15, 0.2) is 36.5 Å². The van der Waals surface area contributed by atoms with Crippen LogP contribution in [0.25, 0.3) is 0 Å². The molecule has 0 aromatic carbocycles. The van der Waals surface area contributed by atoms with E-state index in [4.69, 9.17) is 71.5 Å². The maximum absolute atomic E-state index is 11.1. The van der Waals surface area contributed by atoms with E-state index in [1.54, 1.807) is 20.8 Å². The number of carboxylic acid groups (broad SMARTS) is 14. The van der Waals surface area contributed by atoms with Crippen molar-refractivity contribution in [2.45, 2.75) is 133 Å². The zero-order chi connectivity index (χ0) is 61.6. The summed E-state index contributed by atoms with van der Waals surface area (Å²) in [5, 5.41) is 114. The van der Waals surface area contributed by atoms with Crippen molar-refractivity contribution in [1.29, 1.82) is 0 Å². The van der Waals surface area contributed by atoms with Crippen LogP contribution < -0.4 is 0 Å². The van der Waals surface area contributed by atoms with Gasteiger partial charge in [0.25, 0.3) is 0 Å². The largest absolute Gasteiger partial charge is 0.481 e. The van der Waals surface area contributed by atoms with E-state index in [2.05, 4.69) is 4.74 Å². The number of hydrogen-bond donors (Lipinski definition) is 14. The van der Waals surface area contributed by atoms with Gasteiger partial charge in [0.15, 0.2) is 0 Å². The summed E-state index contributed by atoms with van der Waals surface area (Å²) < 4.78 is 3.97. The van der Waals surface area contributed by atoms with Crippen molar-refractivity contribution in [2.75, 3.05) is 0 Å². The summed E-state index contributed by atoms with van der Waals surface area (Å²) in [7, 11) is 0. The Morgan fingerprint density at radius 1 is 0.455 bits per heavy atom. The minimum Gasteiger partial charge on any atom is -0.481 e. The molecule has 32 nitrogen and oxygen atoms in total. The monoisotopic (exact) mass is 1130 g/mol. The highest BCUT2D eigenvalue weighted by Gasteiger charge is 2.43. The maximum Gasteiger partial charge on any atom is 0.338 e. The molecule has 77 heavy (non-hydrogen) atoms. The minimum absolute atomic E-state index is 0. The number of ether oxygens (including phenoxy) is 1. The zero-order valence-corrected chi connectivity index (χ0v) is 42.6. The molecule has 0 aromatic rings. The molecule has 32 heteroatoms. The van der Waals surface area contributed by atoms with Crippen LogP contribution in [0, 0.1) is 17.3 Å². The van der Waals surface area contributed by atoms with Gasteiger partial charge >= 0.3 is 95.5 Å². The predicted octanol–water partition coefficient (Wildman–Crippen LogP) is 3.28. The molecule has 0 saturated heterocycles. The number of hydrogen-bond acceptors (Lipinski definition) is 17. The van der Waals surface area contributed by atoms with Crippen molar-refractivity contribution in [2.24, 2.45) is 17.3 Å². The summed E-state index contributed by atoms with van der Waals surface area (Å²) in [6.07, 6.45) is 6.79. The second kappa shape index (κ2) is 61.2. The average Bonchev–Trinajstić information content (AvgIpc) is 3.66. The van der Waals surface area contributed by atoms with Gasteiger partial charge in [-0.3, -0.25) is 47.9 Å². The molecular formula is C45H74O32. The SMILES string of the molecule is C.CC(C(=O)O)C(CC(C)(CC(=O)O)C(=O)O)C(=O)O.CCC(=O)O.CCC(=O)O.CCC(=O)O.CCCC(=O)O.CCCC(=O)O.CCCC(=O)O.O.O=C(O)/C=C\C(=O)O.O=C(O)/C=C\C(=O)O.O=C1C=CC(=O)O1. The third-order valence-electron chi connectivity index (χ3n) is 6.63. The van der Waals surface area contributed by atoms with Crippen LogP contribution in [0.4, 0.5) is 0 Å². The van der Waals surface area contributed by atoms with Gasteiger partial charge in [0.05, 0.1) is 23.7 Å². The van der Waals surface area contributed by atoms with Gasteiger partial charge in [-0.05, 0) is 32.6 Å². The van der Waals surface area contributed by atoms with Crippen LogP contribution >= 0.6 is 0 Å². The van der Waals surface area contributed by atoms with E-state index in [1.165, 1.54) is 0 Å². The standard InChI is InChI=1S/C11H16O8.2C4H4O4.C4H2O3.3C4H8O2.3C3H6O2.CH4.H2O/c1-5(8(14)15)6(9(16)17)3-11(2,10(18)19)4-7(12)13;2*5-3(6)1-2-4(7)8;5-3-1-2-4(6)7-3;3*1-2-3-4(5)6;3*1-2-3(4)5;;/h5-6H,3-4H2,1-2H3,(H,12,13)(H,14,15)(H,16,17)(H,18,19);2*1-2H,(H,5,6)(H,7,8);1-2H;3*2-3H2,1H3,(H,5,6);3*2H2,1H3,(H,4,5);1H4;1H2/b;2*2-1-;;;;;;;;;. The molecule has 0 aliphatic carbocycles. The Kier molecular flexibility index (Phi) is 74.6. The Morgan fingerprint density at radius 3 is 0.779 bits per heavy atom. The fraction of sp³-hybridized carbons (Fsp3) is 0.511. The molecule has 0 fully saturated rings. The fourth-order valence-electron chi connectivity index (χ4n) is 2.93. The van der Waals surface area contributed by atoms with Crippen molar-refractivity contribution in [3.05, 3.63) is 36.5 Å². The molecule has 0 spiro atoms. The summed E-state index contributed by atoms with van der Waals surface area (Å²) >= 11 is 0. The van der Waals surface area contributed by atoms with Crippen LogP contribution in [0.2, 0.25) is 0 Å². The number of aliphatic carboxylic acids is 14. The summed E-state index contributed by atoms with van der Waals surface area (Å²) in [5.74, 6) is -19.1. The number of carboxylic acids is 14. The van der Waals surface area contributed by atoms with Gasteiger partial charge in [-0.2, -0.15) is 0 Å². The fourth-order valence-corrected chi connectivity index (χ4v) is 2.93. The molecule has 1 aliphatic rings. The molecule has 0 aromatic heterocycles. The van der Waals surface area contributed by atoms with Gasteiger partial charge in [-0.1, -0.05) is 55.9 Å². The molecule has 1 aliphatic heterocycles. The van der Waals surface area contributed by atoms with E-state index in [0.29, 0.717) is 43.6 Å². The van der Waals surface area contributed by atoms with Gasteiger partial charge < -0.3 is 81.7 Å². The highest BCUT2D eigenvalue weighted by molar-refractivity contribution is 6.05. The molecule has 3 unspecified atom stereocenters. The van der Waals surface area contributed by atoms with Crippen molar-refractivity contribution >= 4 is 95.5 Å². The third kappa shape index (κ3) is 101. The van der Waals surface area contributed by atoms with Gasteiger partial charge in [-0.15, -0.1) is 0 Å². The molecular weight excluding hydrogens is 1050 g/mol. The van der Waals surface area contributed by atoms with E-state index < -0.39 is 126 Å². The zero-order valence-electron chi connectivity index (χ0n) is 42.6. The van der Waals surface area contributed by atoms with Gasteiger partial charge in [0, 0.05) is 75.0 Å². The number of carbonyl (C=O) groups excluding carboxylic acids is 2. The third-order valence-corrected chi connectivity index (χ3v) is 6.63. The predicted molar refractivity (Wildman–Crippen MR) is 261 cm³/mol. The van der Waals surface area contributed by atoms with Gasteiger partial charge in [-0.25, -0.2) is 28.8 Å². The summed E-state index contributed by atoms with van der Waals surface area (Å²) in [6, 6.07) is 0. The molecule has 446 valence electrons. The lowest BCUT2D eigenvalue weighted by atomic mass is 9.74. The van der Waals surface area contributed by atoms with Gasteiger partial charge in [0.1, 0.15) is 0 Å². The van der Waals surface area contributed by atoms with E-state index in [0.717, 1.165) is 45.3 Å². The number of rotatable bonds is 21. The van der Waals surface area contributed by atoms with Crippen LogP contribution in [-0.2, 0) is 81.4 Å². The van der Waals surface area contributed by atoms with E-state index in [-0.39, 0.29) is 32.2 Å². The molecule has 16 N–H and O–H groups in total. The minimum atomic E-state index is -1.83. The molecule has 1 rings (SSSR count). The van der Waals surface area contributed by atoms with Gasteiger partial charge in [0.2, 0.25) is 0 Å². The quantitative estimate of drug-likeness (QED) is 0.0445. The van der Waals surface area contributed by atoms with E-state index in [1.807, 2.05) is 20.8 Å². The number of carbonyl (C=O) groups is 16. The Morgan fingerprint density at radius 2 is 0.688 bits per heavy atom. The molecule has 3 atom stereocenters. The van der Waals surface area contributed by atoms with Crippen molar-refractivity contribution in [3.8, 4) is 0 Å². The van der Waals surface area contributed by atoms with Crippen molar-refractivity contribution in [1.82, 2.24) is 0 Å². The second-order valence-corrected chi connectivity index (χ2v) is 13.5. The molecule has 1 heterocycles. The van der Waals surface area contributed by atoms with Crippen molar-refractivity contribution < 1.29 is 158 Å². The summed E-state index contributed by atoms with van der Waals surface area (Å²) in [5.41, 5.74) is -1.83. The summed E-state index contributed by atoms with van der Waals surface area (Å²) in [6.45, 7) is 12.6. The first-order valence-corrected chi connectivity index (χ1v) is 21.1. The average molecular weight is 1130 g/mol. The smallest absolute Gasteiger partial charge is 0.338 e. The maximum atomic E-state index is 11.1. The molecule has 0 radical (unpaired) electrons. The number of esters is 2. The first-order valence-electron chi connectivity index (χ1n) is 21.1. The first-order chi connectivity index (χ1) is 34.2. The van der Waals surface area contributed by atoms with Crippen LogP contribution in [0.3, 0.4) is 0 Å². The topological polar surface area (TPSA) is 597 Å². The lowest BCUT2D eigenvalue weighted by molar-refractivity contribution is -0.161. The Hall–Kier alpha value is -9.10. The second-order valence-electron chi connectivity index (χ2n) is 13.5. The molecule has 0 saturated carbocycles. The van der Waals surface area contributed by atoms with Crippen LogP contribution in [0.5, 0.6) is 0 Å². The number of cyclic esters (lactones) is 2. The summed E-state index contributed by atoms with van der Waals surface area (Å²) in [4.78, 5) is 159.